The number of amides is 1. The maximum absolute atomic E-state index is 12.9. The molecule has 180 valence electrons. The first kappa shape index (κ1) is 24.0. The highest BCUT2D eigenvalue weighted by atomic mass is 35.5. The number of ether oxygens (including phenoxy) is 1. The number of hydrogen-bond acceptors (Lipinski definition) is 5. The van der Waals surface area contributed by atoms with Crippen molar-refractivity contribution >= 4 is 23.2 Å². The third kappa shape index (κ3) is 5.69. The van der Waals surface area contributed by atoms with Gasteiger partial charge in [0.2, 0.25) is 5.91 Å². The average Bonchev–Trinajstić information content (AvgIpc) is 3.50. The molecule has 1 heterocycles. The number of hydrogen-bond donors (Lipinski definition) is 2. The van der Waals surface area contributed by atoms with Crippen LogP contribution in [0.15, 0.2) is 18.2 Å². The van der Waals surface area contributed by atoms with Gasteiger partial charge in [0, 0.05) is 42.7 Å². The van der Waals surface area contributed by atoms with Crippen LogP contribution in [0.1, 0.15) is 88.3 Å². The largest absolute Gasteiger partial charge is 0.495 e. The number of anilines is 1. The van der Waals surface area contributed by atoms with E-state index in [0.29, 0.717) is 34.8 Å². The van der Waals surface area contributed by atoms with Crippen molar-refractivity contribution in [1.82, 2.24) is 14.8 Å². The van der Waals surface area contributed by atoms with Gasteiger partial charge in [0.1, 0.15) is 17.4 Å². The van der Waals surface area contributed by atoms with Crippen molar-refractivity contribution in [2.24, 2.45) is 11.8 Å². The van der Waals surface area contributed by atoms with Gasteiger partial charge in [0.05, 0.1) is 12.1 Å². The molecule has 0 spiro atoms. The van der Waals surface area contributed by atoms with E-state index in [1.165, 1.54) is 19.3 Å². The number of carbonyl (C=O) groups excluding carboxylic acids is 1. The fraction of sp³-hybridized carbons (Fsp3) is 0.640. The summed E-state index contributed by atoms with van der Waals surface area (Å²) in [6.07, 6.45) is 6.58. The van der Waals surface area contributed by atoms with Crippen LogP contribution in [-0.2, 0) is 4.79 Å². The minimum Gasteiger partial charge on any atom is -0.495 e. The summed E-state index contributed by atoms with van der Waals surface area (Å²) in [7, 11) is 1.54. The van der Waals surface area contributed by atoms with Crippen molar-refractivity contribution in [2.75, 3.05) is 19.0 Å². The molecule has 2 aliphatic carbocycles. The summed E-state index contributed by atoms with van der Waals surface area (Å²) in [6.45, 7) is 4.56. The Morgan fingerprint density at radius 1 is 1.30 bits per heavy atom. The van der Waals surface area contributed by atoms with Gasteiger partial charge >= 0.3 is 0 Å². The molecule has 2 aliphatic rings. The number of benzene rings is 1. The van der Waals surface area contributed by atoms with Crippen LogP contribution in [0.4, 0.5) is 5.69 Å². The molecule has 2 N–H and O–H groups in total. The van der Waals surface area contributed by atoms with Crippen LogP contribution in [0.3, 0.4) is 0 Å². The van der Waals surface area contributed by atoms with E-state index in [9.17, 15) is 9.90 Å². The van der Waals surface area contributed by atoms with E-state index in [4.69, 9.17) is 16.3 Å². The molecule has 7 nitrogen and oxygen atoms in total. The Morgan fingerprint density at radius 2 is 2.06 bits per heavy atom. The third-order valence-corrected chi connectivity index (χ3v) is 7.09. The summed E-state index contributed by atoms with van der Waals surface area (Å²) in [4.78, 5) is 12.9. The molecule has 0 saturated heterocycles. The Kier molecular flexibility index (Phi) is 7.59. The molecule has 1 aromatic heterocycles. The maximum Gasteiger partial charge on any atom is 0.225 e. The van der Waals surface area contributed by atoms with Gasteiger partial charge in [0.25, 0.3) is 0 Å². The van der Waals surface area contributed by atoms with Gasteiger partial charge in [-0.1, -0.05) is 25.4 Å². The second-order valence-electron chi connectivity index (χ2n) is 9.99. The molecule has 2 fully saturated rings. The summed E-state index contributed by atoms with van der Waals surface area (Å²) >= 11 is 6.09. The smallest absolute Gasteiger partial charge is 0.225 e. The molecular weight excluding hydrogens is 440 g/mol. The predicted octanol–water partition coefficient (Wildman–Crippen LogP) is 5.31. The van der Waals surface area contributed by atoms with Gasteiger partial charge < -0.3 is 19.7 Å². The van der Waals surface area contributed by atoms with Crippen LogP contribution in [0.25, 0.3) is 0 Å². The van der Waals surface area contributed by atoms with Gasteiger partial charge in [-0.3, -0.25) is 4.79 Å². The summed E-state index contributed by atoms with van der Waals surface area (Å²) in [6, 6.07) is 5.58. The number of halogens is 1. The molecular formula is C25H35ClN4O3. The van der Waals surface area contributed by atoms with Gasteiger partial charge in [-0.25, -0.2) is 0 Å². The Balaban J connectivity index is 1.47. The fourth-order valence-corrected chi connectivity index (χ4v) is 5.23. The summed E-state index contributed by atoms with van der Waals surface area (Å²) in [5.74, 6) is 4.08. The van der Waals surface area contributed by atoms with Crippen LogP contribution in [0.2, 0.25) is 5.02 Å². The highest BCUT2D eigenvalue weighted by Crippen LogP contribution is 2.48. The summed E-state index contributed by atoms with van der Waals surface area (Å²) < 4.78 is 7.54. The Bertz CT molecular complexity index is 967. The standard InChI is InChI=1S/C25H35ClN4O3/c1-15(2)10-16-11-18(12-16)25-29-28-24(30(25)20-5-6-20)17(8-9-31)13-23(32)27-19-4-7-21(26)22(14-19)33-3/h4,7,14-18,20,31H,5-6,8-13H2,1-3H3,(H,27,32)/t16-,17-,18+/m0/s1. The molecule has 33 heavy (non-hydrogen) atoms. The van der Waals surface area contributed by atoms with Gasteiger partial charge in [-0.05, 0) is 62.5 Å². The SMILES string of the molecule is COc1cc(NC(=O)C[C@H](CCO)c2nnc([C@H]3C[C@@H](CC(C)C)C3)n2C2CC2)ccc1Cl. The first-order valence-corrected chi connectivity index (χ1v) is 12.5. The zero-order valence-electron chi connectivity index (χ0n) is 19.8. The Hall–Kier alpha value is -2.12. The van der Waals surface area contributed by atoms with E-state index in [2.05, 4.69) is 33.9 Å². The lowest BCUT2D eigenvalue weighted by molar-refractivity contribution is -0.116. The normalized spacial score (nSPS) is 21.0. The van der Waals surface area contributed by atoms with E-state index in [1.807, 2.05) is 0 Å². The molecule has 1 aromatic carbocycles. The number of methoxy groups -OCH3 is 1. The monoisotopic (exact) mass is 474 g/mol. The van der Waals surface area contributed by atoms with Crippen molar-refractivity contribution in [3.63, 3.8) is 0 Å². The van der Waals surface area contributed by atoms with Crippen molar-refractivity contribution in [2.45, 2.75) is 76.7 Å². The Morgan fingerprint density at radius 3 is 2.70 bits per heavy atom. The summed E-state index contributed by atoms with van der Waals surface area (Å²) in [5, 5.41) is 22.3. The Labute approximate surface area is 200 Å². The van der Waals surface area contributed by atoms with Gasteiger partial charge in [-0.15, -0.1) is 10.2 Å². The van der Waals surface area contributed by atoms with Gasteiger partial charge in [-0.2, -0.15) is 0 Å². The first-order valence-electron chi connectivity index (χ1n) is 12.1. The van der Waals surface area contributed by atoms with Crippen molar-refractivity contribution in [1.29, 1.82) is 0 Å². The third-order valence-electron chi connectivity index (χ3n) is 6.78. The number of rotatable bonds is 11. The fourth-order valence-electron chi connectivity index (χ4n) is 5.04. The van der Waals surface area contributed by atoms with Crippen LogP contribution < -0.4 is 10.1 Å². The predicted molar refractivity (Wildman–Crippen MR) is 129 cm³/mol. The minimum atomic E-state index is -0.183. The zero-order valence-corrected chi connectivity index (χ0v) is 20.5. The van der Waals surface area contributed by atoms with Crippen LogP contribution in [0, 0.1) is 11.8 Å². The molecule has 0 unspecified atom stereocenters. The van der Waals surface area contributed by atoms with E-state index >= 15 is 0 Å². The highest BCUT2D eigenvalue weighted by Gasteiger charge is 2.39. The molecule has 0 radical (unpaired) electrons. The number of aromatic nitrogens is 3. The maximum atomic E-state index is 12.9. The van der Waals surface area contributed by atoms with Crippen LogP contribution in [0.5, 0.6) is 5.75 Å². The number of nitrogens with zero attached hydrogens (tertiary/aromatic N) is 3. The summed E-state index contributed by atoms with van der Waals surface area (Å²) in [5.41, 5.74) is 0.624. The number of carbonyl (C=O) groups is 1. The molecule has 0 bridgehead atoms. The van der Waals surface area contributed by atoms with Crippen LogP contribution >= 0.6 is 11.6 Å². The van der Waals surface area contributed by atoms with Crippen LogP contribution in [-0.4, -0.2) is 39.5 Å². The lowest BCUT2D eigenvalue weighted by Gasteiger charge is -2.36. The van der Waals surface area contributed by atoms with Crippen molar-refractivity contribution in [3.8, 4) is 5.75 Å². The molecule has 1 amide bonds. The molecule has 0 aliphatic heterocycles. The minimum absolute atomic E-state index is 0.000530. The number of aliphatic hydroxyl groups is 1. The lowest BCUT2D eigenvalue weighted by Crippen LogP contribution is -2.26. The molecule has 2 aromatic rings. The van der Waals surface area contributed by atoms with E-state index in [-0.39, 0.29) is 24.9 Å². The quantitative estimate of drug-likeness (QED) is 0.460. The average molecular weight is 475 g/mol. The van der Waals surface area contributed by atoms with E-state index in [1.54, 1.807) is 25.3 Å². The van der Waals surface area contributed by atoms with Crippen molar-refractivity contribution < 1.29 is 14.6 Å². The molecule has 4 rings (SSSR count). The van der Waals surface area contributed by atoms with E-state index < -0.39 is 0 Å². The highest BCUT2D eigenvalue weighted by molar-refractivity contribution is 6.32. The topological polar surface area (TPSA) is 89.3 Å². The number of nitrogens with one attached hydrogen (secondary N) is 1. The zero-order chi connectivity index (χ0) is 23.5. The molecule has 8 heteroatoms. The first-order chi connectivity index (χ1) is 15.9. The molecule has 2 saturated carbocycles. The lowest BCUT2D eigenvalue weighted by atomic mass is 9.71. The number of aliphatic hydroxyl groups excluding tert-OH is 1. The second-order valence-corrected chi connectivity index (χ2v) is 10.4. The van der Waals surface area contributed by atoms with Crippen molar-refractivity contribution in [3.05, 3.63) is 34.9 Å². The van der Waals surface area contributed by atoms with Gasteiger partial charge in [0.15, 0.2) is 0 Å². The molecule has 1 atom stereocenters. The van der Waals surface area contributed by atoms with E-state index in [0.717, 1.165) is 36.3 Å². The second kappa shape index (κ2) is 10.4.